The smallest absolute Gasteiger partial charge is 0.335 e. The topological polar surface area (TPSA) is 87.1 Å². The maximum atomic E-state index is 13.1. The molecule has 0 spiro atoms. The van der Waals surface area contributed by atoms with Gasteiger partial charge >= 0.3 is 5.97 Å². The van der Waals surface area contributed by atoms with Gasteiger partial charge in [-0.25, -0.2) is 13.2 Å². The molecule has 0 saturated carbocycles. The molecular formula is C21H25ClN2O5S. The largest absolute Gasteiger partial charge is 0.495 e. The molecule has 30 heavy (non-hydrogen) atoms. The number of benzene rings is 2. The van der Waals surface area contributed by atoms with Gasteiger partial charge in [-0.2, -0.15) is 4.31 Å². The minimum absolute atomic E-state index is 0. The van der Waals surface area contributed by atoms with Crippen LogP contribution >= 0.6 is 12.4 Å². The normalized spacial score (nSPS) is 15.6. The number of rotatable bonds is 7. The first-order valence-electron chi connectivity index (χ1n) is 9.27. The number of carboxylic acid groups (broad SMARTS) is 1. The molecule has 162 valence electrons. The van der Waals surface area contributed by atoms with Gasteiger partial charge < -0.3 is 9.84 Å². The lowest BCUT2D eigenvalue weighted by Crippen LogP contribution is -2.48. The van der Waals surface area contributed by atoms with Gasteiger partial charge in [0.05, 0.1) is 12.7 Å². The summed E-state index contributed by atoms with van der Waals surface area (Å²) in [5, 5.41) is 9.19. The third-order valence-corrected chi connectivity index (χ3v) is 6.75. The Bertz CT molecular complexity index is 988. The number of ether oxygens (including phenoxy) is 1. The molecular weight excluding hydrogens is 428 g/mol. The molecule has 0 aliphatic carbocycles. The Balaban J connectivity index is 0.00000320. The number of carbonyl (C=O) groups is 1. The SMILES string of the molecule is COc1ccc(C(=O)O)cc1S(=O)(=O)N1CCN(CC=Cc2ccccc2)CC1.Cl. The molecule has 1 saturated heterocycles. The molecule has 0 amide bonds. The number of sulfonamides is 1. The first kappa shape index (κ1) is 23.9. The summed E-state index contributed by atoms with van der Waals surface area (Å²) in [5.74, 6) is -1.04. The van der Waals surface area contributed by atoms with Crippen molar-refractivity contribution in [2.75, 3.05) is 39.8 Å². The molecule has 9 heteroatoms. The van der Waals surface area contributed by atoms with Crippen molar-refractivity contribution < 1.29 is 23.1 Å². The van der Waals surface area contributed by atoms with Crippen molar-refractivity contribution in [3.05, 3.63) is 65.7 Å². The highest BCUT2D eigenvalue weighted by Crippen LogP contribution is 2.28. The Kier molecular flexibility index (Phi) is 8.43. The number of nitrogens with zero attached hydrogens (tertiary/aromatic N) is 2. The molecule has 1 N–H and O–H groups in total. The van der Waals surface area contributed by atoms with Crippen molar-refractivity contribution in [3.63, 3.8) is 0 Å². The number of halogens is 1. The van der Waals surface area contributed by atoms with Crippen molar-refractivity contribution in [2.24, 2.45) is 0 Å². The summed E-state index contributed by atoms with van der Waals surface area (Å²) in [6.07, 6.45) is 4.12. The fourth-order valence-electron chi connectivity index (χ4n) is 3.20. The van der Waals surface area contributed by atoms with Crippen LogP contribution in [0.5, 0.6) is 5.75 Å². The number of aromatic carboxylic acids is 1. The molecule has 0 unspecified atom stereocenters. The molecule has 2 aromatic carbocycles. The zero-order chi connectivity index (χ0) is 20.9. The lowest BCUT2D eigenvalue weighted by atomic mass is 10.2. The summed E-state index contributed by atoms with van der Waals surface area (Å²) in [5.41, 5.74) is 1.04. The van der Waals surface area contributed by atoms with Crippen LogP contribution in [-0.2, 0) is 10.0 Å². The number of carboxylic acids is 1. The van der Waals surface area contributed by atoms with Crippen LogP contribution in [-0.4, -0.2) is 68.5 Å². The van der Waals surface area contributed by atoms with Gasteiger partial charge in [0.15, 0.2) is 0 Å². The van der Waals surface area contributed by atoms with Crippen molar-refractivity contribution in [2.45, 2.75) is 4.90 Å². The quantitative estimate of drug-likeness (QED) is 0.695. The van der Waals surface area contributed by atoms with Crippen LogP contribution in [0.4, 0.5) is 0 Å². The number of methoxy groups -OCH3 is 1. The molecule has 1 aliphatic rings. The van der Waals surface area contributed by atoms with E-state index < -0.39 is 16.0 Å². The maximum absolute atomic E-state index is 13.1. The molecule has 1 fully saturated rings. The molecule has 7 nitrogen and oxygen atoms in total. The second kappa shape index (κ2) is 10.6. The Morgan fingerprint density at radius 1 is 1.10 bits per heavy atom. The van der Waals surface area contributed by atoms with Gasteiger partial charge in [-0.05, 0) is 23.8 Å². The lowest BCUT2D eigenvalue weighted by molar-refractivity contribution is 0.0696. The molecule has 2 aromatic rings. The van der Waals surface area contributed by atoms with Crippen LogP contribution in [0, 0.1) is 0 Å². The molecule has 3 rings (SSSR count). The first-order chi connectivity index (χ1) is 13.9. The highest BCUT2D eigenvalue weighted by atomic mass is 35.5. The molecule has 0 atom stereocenters. The van der Waals surface area contributed by atoms with E-state index in [0.29, 0.717) is 26.2 Å². The Morgan fingerprint density at radius 3 is 2.37 bits per heavy atom. The highest BCUT2D eigenvalue weighted by Gasteiger charge is 2.31. The van der Waals surface area contributed by atoms with Crippen LogP contribution in [0.15, 0.2) is 59.5 Å². The zero-order valence-corrected chi connectivity index (χ0v) is 18.2. The van der Waals surface area contributed by atoms with Gasteiger partial charge in [0.2, 0.25) is 10.0 Å². The van der Waals surface area contributed by atoms with Gasteiger partial charge in [0.1, 0.15) is 10.6 Å². The van der Waals surface area contributed by atoms with E-state index in [2.05, 4.69) is 11.0 Å². The minimum atomic E-state index is -3.85. The molecule has 1 heterocycles. The van der Waals surface area contributed by atoms with Crippen LogP contribution in [0.3, 0.4) is 0 Å². The van der Waals surface area contributed by atoms with E-state index in [4.69, 9.17) is 4.74 Å². The predicted molar refractivity (Wildman–Crippen MR) is 118 cm³/mol. The number of hydrogen-bond donors (Lipinski definition) is 1. The van der Waals surface area contributed by atoms with Crippen LogP contribution in [0.1, 0.15) is 15.9 Å². The van der Waals surface area contributed by atoms with Crippen molar-refractivity contribution in [1.29, 1.82) is 0 Å². The molecule has 0 radical (unpaired) electrons. The van der Waals surface area contributed by atoms with Gasteiger partial charge in [-0.3, -0.25) is 4.90 Å². The third kappa shape index (κ3) is 5.60. The van der Waals surface area contributed by atoms with E-state index in [1.165, 1.54) is 23.5 Å². The van der Waals surface area contributed by atoms with E-state index in [1.54, 1.807) is 0 Å². The van der Waals surface area contributed by atoms with E-state index in [-0.39, 0.29) is 28.6 Å². The van der Waals surface area contributed by atoms with Crippen molar-refractivity contribution >= 4 is 34.5 Å². The number of hydrogen-bond acceptors (Lipinski definition) is 5. The predicted octanol–water partition coefficient (Wildman–Crippen LogP) is 2.83. The summed E-state index contributed by atoms with van der Waals surface area (Å²) in [6.45, 7) is 2.60. The third-order valence-electron chi connectivity index (χ3n) is 4.83. The van der Waals surface area contributed by atoms with Gasteiger partial charge in [-0.1, -0.05) is 42.5 Å². The minimum Gasteiger partial charge on any atom is -0.495 e. The number of piperazine rings is 1. The van der Waals surface area contributed by atoms with E-state index in [0.717, 1.165) is 18.2 Å². The summed E-state index contributed by atoms with van der Waals surface area (Å²) < 4.78 is 32.7. The molecule has 0 bridgehead atoms. The van der Waals surface area contributed by atoms with E-state index >= 15 is 0 Å². The van der Waals surface area contributed by atoms with Crippen LogP contribution < -0.4 is 4.74 Å². The summed E-state index contributed by atoms with van der Waals surface area (Å²) in [4.78, 5) is 13.3. The average molecular weight is 453 g/mol. The fraction of sp³-hybridized carbons (Fsp3) is 0.286. The Hall–Kier alpha value is -2.39. The van der Waals surface area contributed by atoms with E-state index in [9.17, 15) is 18.3 Å². The summed E-state index contributed by atoms with van der Waals surface area (Å²) in [7, 11) is -2.48. The standard InChI is InChI=1S/C21H24N2O5S.ClH/c1-28-19-10-9-18(21(24)25)16-20(19)29(26,27)23-14-12-22(13-15-23)11-5-8-17-6-3-2-4-7-17;/h2-10,16H,11-15H2,1H3,(H,24,25);1H. The highest BCUT2D eigenvalue weighted by molar-refractivity contribution is 7.89. The summed E-state index contributed by atoms with van der Waals surface area (Å²) in [6, 6.07) is 13.9. The fourth-order valence-corrected chi connectivity index (χ4v) is 4.81. The van der Waals surface area contributed by atoms with Crippen LogP contribution in [0.25, 0.3) is 6.08 Å². The summed E-state index contributed by atoms with van der Waals surface area (Å²) >= 11 is 0. The van der Waals surface area contributed by atoms with Gasteiger partial charge in [0.25, 0.3) is 0 Å². The van der Waals surface area contributed by atoms with E-state index in [1.807, 2.05) is 36.4 Å². The Morgan fingerprint density at radius 2 is 1.77 bits per heavy atom. The zero-order valence-electron chi connectivity index (χ0n) is 16.6. The first-order valence-corrected chi connectivity index (χ1v) is 10.7. The van der Waals surface area contributed by atoms with Gasteiger partial charge in [0, 0.05) is 32.7 Å². The van der Waals surface area contributed by atoms with Gasteiger partial charge in [-0.15, -0.1) is 12.4 Å². The Labute approximate surface area is 183 Å². The molecule has 1 aliphatic heterocycles. The molecule has 0 aromatic heterocycles. The second-order valence-electron chi connectivity index (χ2n) is 6.69. The second-order valence-corrected chi connectivity index (χ2v) is 8.59. The maximum Gasteiger partial charge on any atom is 0.335 e. The monoisotopic (exact) mass is 452 g/mol. The lowest BCUT2D eigenvalue weighted by Gasteiger charge is -2.33. The van der Waals surface area contributed by atoms with Crippen molar-refractivity contribution in [1.82, 2.24) is 9.21 Å². The van der Waals surface area contributed by atoms with Crippen molar-refractivity contribution in [3.8, 4) is 5.75 Å². The van der Waals surface area contributed by atoms with Crippen LogP contribution in [0.2, 0.25) is 0 Å². The average Bonchev–Trinajstić information content (AvgIpc) is 2.74.